The summed E-state index contributed by atoms with van der Waals surface area (Å²) in [7, 11) is 0. The minimum Gasteiger partial charge on any atom is -0.507 e. The molecule has 1 aromatic carbocycles. The zero-order valence-electron chi connectivity index (χ0n) is 11.4. The first-order chi connectivity index (χ1) is 10.1. The number of nitrogens with zero attached hydrogens (tertiary/aromatic N) is 2. The summed E-state index contributed by atoms with van der Waals surface area (Å²) in [5.74, 6) is 0.378. The van der Waals surface area contributed by atoms with Crippen molar-refractivity contribution < 1.29 is 14.8 Å². The second-order valence-corrected chi connectivity index (χ2v) is 5.63. The van der Waals surface area contributed by atoms with Gasteiger partial charge in [-0.1, -0.05) is 12.2 Å². The van der Waals surface area contributed by atoms with E-state index < -0.39 is 4.92 Å². The fourth-order valence-corrected chi connectivity index (χ4v) is 3.16. The number of rotatable bonds is 2. The van der Waals surface area contributed by atoms with Gasteiger partial charge in [-0.25, -0.2) is 0 Å². The molecule has 1 heterocycles. The van der Waals surface area contributed by atoms with Gasteiger partial charge in [0.25, 0.3) is 11.6 Å². The zero-order chi connectivity index (χ0) is 15.0. The number of hydrogen-bond donors (Lipinski definition) is 1. The van der Waals surface area contributed by atoms with Gasteiger partial charge in [0.15, 0.2) is 0 Å². The van der Waals surface area contributed by atoms with Crippen LogP contribution >= 0.6 is 0 Å². The summed E-state index contributed by atoms with van der Waals surface area (Å²) < 4.78 is 0. The molecule has 2 atom stereocenters. The molecule has 0 aromatic heterocycles. The number of phenols is 1. The number of carbonyl (C=O) groups excluding carboxylic acids is 1. The first-order valence-corrected chi connectivity index (χ1v) is 6.98. The Bertz CT molecular complexity index is 610. The monoisotopic (exact) mass is 288 g/mol. The largest absolute Gasteiger partial charge is 0.507 e. The molecule has 6 nitrogen and oxygen atoms in total. The van der Waals surface area contributed by atoms with E-state index in [0.717, 1.165) is 18.9 Å². The fourth-order valence-electron chi connectivity index (χ4n) is 3.16. The zero-order valence-corrected chi connectivity index (χ0v) is 11.4. The summed E-state index contributed by atoms with van der Waals surface area (Å²) in [5.41, 5.74) is -0.176. The van der Waals surface area contributed by atoms with E-state index in [-0.39, 0.29) is 22.9 Å². The van der Waals surface area contributed by atoms with E-state index in [1.54, 1.807) is 4.90 Å². The second kappa shape index (κ2) is 5.20. The van der Waals surface area contributed by atoms with Gasteiger partial charge in [0.2, 0.25) is 0 Å². The van der Waals surface area contributed by atoms with Crippen LogP contribution in [0.2, 0.25) is 0 Å². The van der Waals surface area contributed by atoms with E-state index in [4.69, 9.17) is 0 Å². The van der Waals surface area contributed by atoms with Crippen molar-refractivity contribution in [1.29, 1.82) is 0 Å². The third-order valence-electron chi connectivity index (χ3n) is 4.33. The van der Waals surface area contributed by atoms with Crippen LogP contribution in [-0.2, 0) is 0 Å². The summed E-state index contributed by atoms with van der Waals surface area (Å²) in [6.07, 6.45) is 6.21. The van der Waals surface area contributed by atoms with Crippen LogP contribution in [0.4, 0.5) is 5.69 Å². The fraction of sp³-hybridized carbons (Fsp3) is 0.400. The van der Waals surface area contributed by atoms with E-state index in [0.29, 0.717) is 24.9 Å². The van der Waals surface area contributed by atoms with Crippen LogP contribution in [0.15, 0.2) is 30.4 Å². The van der Waals surface area contributed by atoms with Crippen molar-refractivity contribution in [2.45, 2.75) is 12.8 Å². The molecule has 1 aliphatic carbocycles. The minimum atomic E-state index is -0.566. The Morgan fingerprint density at radius 3 is 2.43 bits per heavy atom. The number of aromatic hydroxyl groups is 1. The van der Waals surface area contributed by atoms with E-state index in [1.807, 2.05) is 0 Å². The number of amides is 1. The maximum Gasteiger partial charge on any atom is 0.270 e. The summed E-state index contributed by atoms with van der Waals surface area (Å²) in [4.78, 5) is 24.4. The van der Waals surface area contributed by atoms with Crippen molar-refractivity contribution >= 4 is 11.6 Å². The highest BCUT2D eigenvalue weighted by Gasteiger charge is 2.36. The summed E-state index contributed by atoms with van der Waals surface area (Å²) in [6.45, 7) is 1.30. The SMILES string of the molecule is O=C(c1cc([N+](=O)[O-])ccc1O)N1C[C@H]2CC=CC[C@H]2C1. The highest BCUT2D eigenvalue weighted by Crippen LogP contribution is 2.34. The van der Waals surface area contributed by atoms with E-state index >= 15 is 0 Å². The van der Waals surface area contributed by atoms with E-state index in [9.17, 15) is 20.0 Å². The number of non-ortho nitro benzene ring substituents is 1. The lowest BCUT2D eigenvalue weighted by Gasteiger charge is -2.17. The van der Waals surface area contributed by atoms with Gasteiger partial charge in [-0.15, -0.1) is 0 Å². The number of phenolic OH excluding ortho intramolecular Hbond substituents is 1. The minimum absolute atomic E-state index is 0.0100. The lowest BCUT2D eigenvalue weighted by Crippen LogP contribution is -2.29. The topological polar surface area (TPSA) is 83.7 Å². The van der Waals surface area contributed by atoms with Crippen molar-refractivity contribution in [3.63, 3.8) is 0 Å². The van der Waals surface area contributed by atoms with Crippen LogP contribution in [0.1, 0.15) is 23.2 Å². The molecular weight excluding hydrogens is 272 g/mol. The van der Waals surface area contributed by atoms with Crippen molar-refractivity contribution in [2.24, 2.45) is 11.8 Å². The highest BCUT2D eigenvalue weighted by atomic mass is 16.6. The molecule has 1 amide bonds. The lowest BCUT2D eigenvalue weighted by atomic mass is 9.86. The molecule has 1 aliphatic heterocycles. The summed E-state index contributed by atoms with van der Waals surface area (Å²) in [5, 5.41) is 20.6. The van der Waals surface area contributed by atoms with Crippen molar-refractivity contribution in [3.05, 3.63) is 46.0 Å². The maximum atomic E-state index is 12.5. The molecule has 1 N–H and O–H groups in total. The van der Waals surface area contributed by atoms with Gasteiger partial charge >= 0.3 is 0 Å². The van der Waals surface area contributed by atoms with E-state index in [2.05, 4.69) is 12.2 Å². The first kappa shape index (κ1) is 13.6. The van der Waals surface area contributed by atoms with Crippen LogP contribution in [0.5, 0.6) is 5.75 Å². The standard InChI is InChI=1S/C15H16N2O4/c18-14-6-5-12(17(20)21)7-13(14)15(19)16-8-10-3-1-2-4-11(10)9-16/h1-2,5-7,10-11,18H,3-4,8-9H2/t10-,11+. The van der Waals surface area contributed by atoms with Gasteiger partial charge in [-0.2, -0.15) is 0 Å². The highest BCUT2D eigenvalue weighted by molar-refractivity contribution is 5.97. The van der Waals surface area contributed by atoms with Crippen LogP contribution < -0.4 is 0 Å². The van der Waals surface area contributed by atoms with Crippen molar-refractivity contribution in [1.82, 2.24) is 4.90 Å². The van der Waals surface area contributed by atoms with Gasteiger partial charge in [0, 0.05) is 25.2 Å². The quantitative estimate of drug-likeness (QED) is 0.514. The molecule has 0 radical (unpaired) electrons. The number of hydrogen-bond acceptors (Lipinski definition) is 4. The van der Waals surface area contributed by atoms with Gasteiger partial charge in [0.05, 0.1) is 10.5 Å². The Labute approximate surface area is 121 Å². The number of allylic oxidation sites excluding steroid dienone is 2. The Morgan fingerprint density at radius 2 is 1.86 bits per heavy atom. The smallest absolute Gasteiger partial charge is 0.270 e. The van der Waals surface area contributed by atoms with Crippen LogP contribution in [-0.4, -0.2) is 33.9 Å². The summed E-state index contributed by atoms with van der Waals surface area (Å²) >= 11 is 0. The van der Waals surface area contributed by atoms with E-state index in [1.165, 1.54) is 12.1 Å². The number of carbonyl (C=O) groups is 1. The summed E-state index contributed by atoms with van der Waals surface area (Å²) in [6, 6.07) is 3.55. The van der Waals surface area contributed by atoms with Crippen molar-refractivity contribution in [3.8, 4) is 5.75 Å². The molecular formula is C15H16N2O4. The number of nitro groups is 1. The number of benzene rings is 1. The maximum absolute atomic E-state index is 12.5. The molecule has 1 fully saturated rings. The molecule has 1 saturated heterocycles. The van der Waals surface area contributed by atoms with Crippen LogP contribution in [0, 0.1) is 22.0 Å². The molecule has 0 spiro atoms. The van der Waals surface area contributed by atoms with Crippen LogP contribution in [0.25, 0.3) is 0 Å². The average molecular weight is 288 g/mol. The predicted octanol–water partition coefficient (Wildman–Crippen LogP) is 2.34. The molecule has 6 heteroatoms. The van der Waals surface area contributed by atoms with Gasteiger partial charge in [0.1, 0.15) is 5.75 Å². The molecule has 110 valence electrons. The normalized spacial score (nSPS) is 23.9. The Hall–Kier alpha value is -2.37. The van der Waals surface area contributed by atoms with Gasteiger partial charge < -0.3 is 10.0 Å². The van der Waals surface area contributed by atoms with Crippen LogP contribution in [0.3, 0.4) is 0 Å². The third-order valence-corrected chi connectivity index (χ3v) is 4.33. The lowest BCUT2D eigenvalue weighted by molar-refractivity contribution is -0.384. The van der Waals surface area contributed by atoms with Gasteiger partial charge in [-0.3, -0.25) is 14.9 Å². The Kier molecular flexibility index (Phi) is 3.37. The molecule has 3 rings (SSSR count). The third kappa shape index (κ3) is 2.49. The predicted molar refractivity (Wildman–Crippen MR) is 76.0 cm³/mol. The first-order valence-electron chi connectivity index (χ1n) is 6.98. The number of nitro benzene ring substituents is 1. The number of likely N-dealkylation sites (tertiary alicyclic amines) is 1. The molecule has 0 bridgehead atoms. The molecule has 2 aliphatic rings. The average Bonchev–Trinajstić information content (AvgIpc) is 2.90. The Balaban J connectivity index is 1.83. The van der Waals surface area contributed by atoms with Crippen molar-refractivity contribution in [2.75, 3.05) is 13.1 Å². The molecule has 0 unspecified atom stereocenters. The second-order valence-electron chi connectivity index (χ2n) is 5.63. The number of fused-ring (bicyclic) bond motifs is 1. The van der Waals surface area contributed by atoms with Gasteiger partial charge in [-0.05, 0) is 30.7 Å². The Morgan fingerprint density at radius 1 is 1.24 bits per heavy atom. The molecule has 21 heavy (non-hydrogen) atoms. The molecule has 0 saturated carbocycles. The molecule has 1 aromatic rings.